The first-order chi connectivity index (χ1) is 14.6. The van der Waals surface area contributed by atoms with Crippen molar-refractivity contribution in [2.45, 2.75) is 32.1 Å². The highest BCUT2D eigenvalue weighted by Crippen LogP contribution is 2.27. The number of fused-ring (bicyclic) bond motifs is 1. The largest absolute Gasteiger partial charge is 0.319 e. The van der Waals surface area contributed by atoms with Crippen LogP contribution in [0.1, 0.15) is 36.2 Å². The zero-order valence-electron chi connectivity index (χ0n) is 18.2. The van der Waals surface area contributed by atoms with Gasteiger partial charge < -0.3 is 4.57 Å². The van der Waals surface area contributed by atoms with Crippen molar-refractivity contribution in [3.63, 3.8) is 0 Å². The minimum atomic E-state index is -3.57. The van der Waals surface area contributed by atoms with Crippen LogP contribution in [-0.2, 0) is 17.1 Å². The van der Waals surface area contributed by atoms with E-state index in [-0.39, 0.29) is 10.8 Å². The normalized spacial score (nSPS) is 21.0. The Hall–Kier alpha value is -2.29. The highest BCUT2D eigenvalue weighted by atomic mass is 32.2. The van der Waals surface area contributed by atoms with Gasteiger partial charge in [-0.3, -0.25) is 4.79 Å². The number of hydrogen-bond acceptors (Lipinski definition) is 4. The topological polar surface area (TPSA) is 71.7 Å². The number of sulfonamides is 1. The number of nitrogens with zero attached hydrogens (tertiary/aromatic N) is 3. The van der Waals surface area contributed by atoms with Gasteiger partial charge in [-0.05, 0) is 67.1 Å². The molecule has 0 bridgehead atoms. The maximum atomic E-state index is 13.0. The highest BCUT2D eigenvalue weighted by molar-refractivity contribution is 7.89. The SMILES string of the molecule is Cc1ccc2c(c1)sc(=NC(=O)c1ccc(S(=O)(=O)N3CC(C)CC(C)C3)cc1)n2C. The highest BCUT2D eigenvalue weighted by Gasteiger charge is 2.31. The first-order valence-electron chi connectivity index (χ1n) is 10.4. The molecule has 1 aliphatic rings. The van der Waals surface area contributed by atoms with Gasteiger partial charge in [0.2, 0.25) is 10.0 Å². The summed E-state index contributed by atoms with van der Waals surface area (Å²) in [5.74, 6) is 0.288. The fourth-order valence-electron chi connectivity index (χ4n) is 4.22. The van der Waals surface area contributed by atoms with E-state index >= 15 is 0 Å². The minimum absolute atomic E-state index is 0.216. The Labute approximate surface area is 186 Å². The number of carbonyl (C=O) groups excluding carboxylic acids is 1. The summed E-state index contributed by atoms with van der Waals surface area (Å²) in [6.45, 7) is 7.25. The summed E-state index contributed by atoms with van der Waals surface area (Å²) in [6, 6.07) is 12.2. The van der Waals surface area contributed by atoms with Crippen LogP contribution in [0.4, 0.5) is 0 Å². The molecule has 4 rings (SSSR count). The van der Waals surface area contributed by atoms with E-state index < -0.39 is 10.0 Å². The third kappa shape index (κ3) is 4.37. The van der Waals surface area contributed by atoms with Crippen molar-refractivity contribution in [3.05, 3.63) is 58.4 Å². The summed E-state index contributed by atoms with van der Waals surface area (Å²) in [7, 11) is -1.68. The van der Waals surface area contributed by atoms with E-state index in [0.29, 0.717) is 35.3 Å². The molecule has 2 heterocycles. The predicted octanol–water partition coefficient (Wildman–Crippen LogP) is 3.96. The Kier molecular flexibility index (Phi) is 5.89. The molecule has 6 nitrogen and oxygen atoms in total. The molecule has 1 fully saturated rings. The summed E-state index contributed by atoms with van der Waals surface area (Å²) < 4.78 is 30.6. The van der Waals surface area contributed by atoms with E-state index in [1.807, 2.05) is 30.7 Å². The summed E-state index contributed by atoms with van der Waals surface area (Å²) in [5.41, 5.74) is 2.54. The lowest BCUT2D eigenvalue weighted by molar-refractivity contribution is 0.0998. The average Bonchev–Trinajstić information content (AvgIpc) is 3.01. The molecule has 0 N–H and O–H groups in total. The van der Waals surface area contributed by atoms with E-state index in [1.165, 1.54) is 23.5 Å². The van der Waals surface area contributed by atoms with Crippen LogP contribution in [0.15, 0.2) is 52.4 Å². The zero-order chi connectivity index (χ0) is 22.3. The molecule has 31 heavy (non-hydrogen) atoms. The lowest BCUT2D eigenvalue weighted by Gasteiger charge is -2.34. The lowest BCUT2D eigenvalue weighted by Crippen LogP contribution is -2.42. The number of piperidine rings is 1. The van der Waals surface area contributed by atoms with Crippen molar-refractivity contribution >= 4 is 37.5 Å². The van der Waals surface area contributed by atoms with Crippen LogP contribution in [0, 0.1) is 18.8 Å². The third-order valence-electron chi connectivity index (χ3n) is 5.74. The van der Waals surface area contributed by atoms with Gasteiger partial charge in [0.1, 0.15) is 0 Å². The van der Waals surface area contributed by atoms with E-state index in [0.717, 1.165) is 22.2 Å². The summed E-state index contributed by atoms with van der Waals surface area (Å²) in [6.07, 6.45) is 1.04. The molecular weight excluding hydrogens is 430 g/mol. The molecule has 3 aromatic rings. The van der Waals surface area contributed by atoms with Crippen molar-refractivity contribution < 1.29 is 13.2 Å². The molecular formula is C23H27N3O3S2. The number of amides is 1. The maximum Gasteiger partial charge on any atom is 0.279 e. The number of rotatable bonds is 3. The van der Waals surface area contributed by atoms with Crippen LogP contribution in [0.25, 0.3) is 10.2 Å². The molecule has 164 valence electrons. The summed E-state index contributed by atoms with van der Waals surface area (Å²) in [4.78, 5) is 17.8. The number of aryl methyl sites for hydroxylation is 2. The van der Waals surface area contributed by atoms with Crippen LogP contribution >= 0.6 is 11.3 Å². The minimum Gasteiger partial charge on any atom is -0.319 e. The fraction of sp³-hybridized carbons (Fsp3) is 0.391. The van der Waals surface area contributed by atoms with Crippen LogP contribution in [-0.4, -0.2) is 36.3 Å². The second-order valence-corrected chi connectivity index (χ2v) is 11.6. The van der Waals surface area contributed by atoms with Gasteiger partial charge in [0.05, 0.1) is 15.1 Å². The molecule has 0 aliphatic carbocycles. The Bertz CT molecular complexity index is 1290. The second-order valence-electron chi connectivity index (χ2n) is 8.62. The van der Waals surface area contributed by atoms with Crippen molar-refractivity contribution in [1.82, 2.24) is 8.87 Å². The van der Waals surface area contributed by atoms with Crippen molar-refractivity contribution in [2.24, 2.45) is 23.9 Å². The van der Waals surface area contributed by atoms with Gasteiger partial charge in [0, 0.05) is 25.7 Å². The quantitative estimate of drug-likeness (QED) is 0.598. The second kappa shape index (κ2) is 8.33. The maximum absolute atomic E-state index is 13.0. The fourth-order valence-corrected chi connectivity index (χ4v) is 7.01. The molecule has 1 amide bonds. The number of hydrogen-bond donors (Lipinski definition) is 0. The molecule has 1 saturated heterocycles. The lowest BCUT2D eigenvalue weighted by atomic mass is 9.94. The van der Waals surface area contributed by atoms with Crippen LogP contribution in [0.2, 0.25) is 0 Å². The standard InChI is InChI=1S/C23H27N3O3S2/c1-15-5-10-20-21(12-15)30-23(25(20)4)24-22(27)18-6-8-19(9-7-18)31(28,29)26-13-16(2)11-17(3)14-26/h5-10,12,16-17H,11,13-14H2,1-4H3. The Morgan fingerprint density at radius 1 is 1.06 bits per heavy atom. The van der Waals surface area contributed by atoms with E-state index in [4.69, 9.17) is 0 Å². The summed E-state index contributed by atoms with van der Waals surface area (Å²) >= 11 is 1.46. The molecule has 0 radical (unpaired) electrons. The monoisotopic (exact) mass is 457 g/mol. The van der Waals surface area contributed by atoms with E-state index in [9.17, 15) is 13.2 Å². The van der Waals surface area contributed by atoms with Crippen LogP contribution in [0.5, 0.6) is 0 Å². The van der Waals surface area contributed by atoms with Crippen molar-refractivity contribution in [1.29, 1.82) is 0 Å². The smallest absolute Gasteiger partial charge is 0.279 e. The van der Waals surface area contributed by atoms with Gasteiger partial charge in [-0.2, -0.15) is 9.30 Å². The number of thiazole rings is 1. The first kappa shape index (κ1) is 21.9. The van der Waals surface area contributed by atoms with Crippen molar-refractivity contribution in [2.75, 3.05) is 13.1 Å². The predicted molar refractivity (Wildman–Crippen MR) is 124 cm³/mol. The van der Waals surface area contributed by atoms with E-state index in [1.54, 1.807) is 16.4 Å². The molecule has 0 spiro atoms. The molecule has 0 saturated carbocycles. The van der Waals surface area contributed by atoms with Crippen LogP contribution in [0.3, 0.4) is 0 Å². The molecule has 2 unspecified atom stereocenters. The molecule has 8 heteroatoms. The Balaban J connectivity index is 1.60. The van der Waals surface area contributed by atoms with Gasteiger partial charge in [-0.25, -0.2) is 8.42 Å². The Morgan fingerprint density at radius 2 is 1.71 bits per heavy atom. The van der Waals surface area contributed by atoms with Crippen LogP contribution < -0.4 is 4.80 Å². The van der Waals surface area contributed by atoms with Gasteiger partial charge in [0.25, 0.3) is 5.91 Å². The first-order valence-corrected chi connectivity index (χ1v) is 12.7. The molecule has 1 aliphatic heterocycles. The molecule has 2 atom stereocenters. The molecule has 2 aromatic carbocycles. The van der Waals surface area contributed by atoms with E-state index in [2.05, 4.69) is 24.9 Å². The Morgan fingerprint density at radius 3 is 2.35 bits per heavy atom. The number of aromatic nitrogens is 1. The van der Waals surface area contributed by atoms with Crippen molar-refractivity contribution in [3.8, 4) is 0 Å². The molecule has 1 aromatic heterocycles. The van der Waals surface area contributed by atoms with Gasteiger partial charge in [-0.1, -0.05) is 31.3 Å². The van der Waals surface area contributed by atoms with Gasteiger partial charge in [-0.15, -0.1) is 0 Å². The average molecular weight is 458 g/mol. The number of benzene rings is 2. The zero-order valence-corrected chi connectivity index (χ0v) is 19.8. The third-order valence-corrected chi connectivity index (χ3v) is 8.68. The van der Waals surface area contributed by atoms with Gasteiger partial charge in [0.15, 0.2) is 4.80 Å². The number of carbonyl (C=O) groups is 1. The van der Waals surface area contributed by atoms with Gasteiger partial charge >= 0.3 is 0 Å². The summed E-state index contributed by atoms with van der Waals surface area (Å²) in [5, 5.41) is 0.